The van der Waals surface area contributed by atoms with Crippen molar-refractivity contribution >= 4 is 11.8 Å². The van der Waals surface area contributed by atoms with Gasteiger partial charge in [0.25, 0.3) is 0 Å². The zero-order valence-corrected chi connectivity index (χ0v) is 14.4. The van der Waals surface area contributed by atoms with Gasteiger partial charge in [0.05, 0.1) is 5.60 Å². The van der Waals surface area contributed by atoms with Gasteiger partial charge in [0.1, 0.15) is 5.82 Å². The molecule has 0 spiro atoms. The van der Waals surface area contributed by atoms with Crippen molar-refractivity contribution in [3.05, 3.63) is 12.3 Å². The third-order valence-corrected chi connectivity index (χ3v) is 5.03. The third kappa shape index (κ3) is 4.12. The minimum atomic E-state index is -0.451. The lowest BCUT2D eigenvalue weighted by Crippen LogP contribution is -2.52. The van der Waals surface area contributed by atoms with Crippen LogP contribution in [0, 0.1) is 0 Å². The van der Waals surface area contributed by atoms with Crippen molar-refractivity contribution in [2.75, 3.05) is 56.6 Å². The topological polar surface area (TPSA) is 55.7 Å². The summed E-state index contributed by atoms with van der Waals surface area (Å²) in [6.45, 7) is 4.72. The van der Waals surface area contributed by atoms with Crippen LogP contribution in [0.3, 0.4) is 0 Å². The Balaban J connectivity index is 1.55. The molecule has 23 heavy (non-hydrogen) atoms. The second kappa shape index (κ2) is 7.01. The van der Waals surface area contributed by atoms with Crippen LogP contribution >= 0.6 is 0 Å². The van der Waals surface area contributed by atoms with Crippen LogP contribution in [0.25, 0.3) is 0 Å². The fourth-order valence-corrected chi connectivity index (χ4v) is 3.65. The molecule has 0 unspecified atom stereocenters. The van der Waals surface area contributed by atoms with E-state index in [0.29, 0.717) is 0 Å². The van der Waals surface area contributed by atoms with E-state index in [-0.39, 0.29) is 0 Å². The Labute approximate surface area is 139 Å². The van der Waals surface area contributed by atoms with E-state index < -0.39 is 5.60 Å². The summed E-state index contributed by atoms with van der Waals surface area (Å²) < 4.78 is 0. The zero-order chi connectivity index (χ0) is 16.3. The van der Waals surface area contributed by atoms with Crippen LogP contribution in [0.5, 0.6) is 0 Å². The number of hydrogen-bond donors (Lipinski definition) is 1. The highest BCUT2D eigenvalue weighted by Gasteiger charge is 2.32. The van der Waals surface area contributed by atoms with Gasteiger partial charge in [-0.3, -0.25) is 4.90 Å². The molecule has 2 heterocycles. The van der Waals surface area contributed by atoms with Gasteiger partial charge in [0, 0.05) is 53.0 Å². The minimum absolute atomic E-state index is 0.451. The summed E-state index contributed by atoms with van der Waals surface area (Å²) in [5, 5.41) is 10.7. The van der Waals surface area contributed by atoms with Gasteiger partial charge in [-0.2, -0.15) is 4.98 Å². The largest absolute Gasteiger partial charge is 0.389 e. The molecule has 0 atom stereocenters. The summed E-state index contributed by atoms with van der Waals surface area (Å²) in [6, 6.07) is 1.98. The molecule has 0 amide bonds. The molecule has 1 saturated heterocycles. The predicted molar refractivity (Wildman–Crippen MR) is 93.0 cm³/mol. The first-order valence-electron chi connectivity index (χ1n) is 8.76. The van der Waals surface area contributed by atoms with Gasteiger partial charge in [0.2, 0.25) is 5.95 Å². The monoisotopic (exact) mass is 319 g/mol. The standard InChI is InChI=1S/C17H29N5O/c1-20(2)16-18-9-6-15(19-16)22-12-10-21(11-13-22)14-17(23)7-4-3-5-8-17/h6,9,23H,3-5,7-8,10-14H2,1-2H3. The SMILES string of the molecule is CN(C)c1nccc(N2CCN(CC3(O)CCCCC3)CC2)n1. The Morgan fingerprint density at radius 1 is 1.13 bits per heavy atom. The number of hydrogen-bond acceptors (Lipinski definition) is 6. The molecular formula is C17H29N5O. The van der Waals surface area contributed by atoms with Crippen LogP contribution in [0.2, 0.25) is 0 Å². The van der Waals surface area contributed by atoms with Crippen LogP contribution in [0.4, 0.5) is 11.8 Å². The summed E-state index contributed by atoms with van der Waals surface area (Å²) in [5.74, 6) is 1.75. The van der Waals surface area contributed by atoms with E-state index in [0.717, 1.165) is 57.3 Å². The lowest BCUT2D eigenvalue weighted by atomic mass is 9.84. The molecule has 128 valence electrons. The smallest absolute Gasteiger partial charge is 0.226 e. The lowest BCUT2D eigenvalue weighted by Gasteiger charge is -2.41. The highest BCUT2D eigenvalue weighted by Crippen LogP contribution is 2.29. The molecule has 1 N–H and O–H groups in total. The Morgan fingerprint density at radius 3 is 2.48 bits per heavy atom. The van der Waals surface area contributed by atoms with Gasteiger partial charge in [0.15, 0.2) is 0 Å². The first kappa shape index (κ1) is 16.5. The molecule has 2 aliphatic rings. The minimum Gasteiger partial charge on any atom is -0.389 e. The van der Waals surface area contributed by atoms with Crippen molar-refractivity contribution in [2.24, 2.45) is 0 Å². The van der Waals surface area contributed by atoms with E-state index in [2.05, 4.69) is 19.8 Å². The Morgan fingerprint density at radius 2 is 1.83 bits per heavy atom. The molecule has 1 aliphatic heterocycles. The van der Waals surface area contributed by atoms with Gasteiger partial charge >= 0.3 is 0 Å². The van der Waals surface area contributed by atoms with Crippen molar-refractivity contribution < 1.29 is 5.11 Å². The third-order valence-electron chi connectivity index (χ3n) is 5.03. The van der Waals surface area contributed by atoms with Crippen LogP contribution in [0.15, 0.2) is 12.3 Å². The summed E-state index contributed by atoms with van der Waals surface area (Å²) >= 11 is 0. The van der Waals surface area contributed by atoms with Crippen molar-refractivity contribution in [1.29, 1.82) is 0 Å². The molecule has 1 saturated carbocycles. The van der Waals surface area contributed by atoms with Crippen LogP contribution < -0.4 is 9.80 Å². The summed E-state index contributed by atoms with van der Waals surface area (Å²) in [7, 11) is 3.92. The van der Waals surface area contributed by atoms with E-state index >= 15 is 0 Å². The maximum Gasteiger partial charge on any atom is 0.226 e. The van der Waals surface area contributed by atoms with Crippen molar-refractivity contribution in [3.63, 3.8) is 0 Å². The number of aliphatic hydroxyl groups is 1. The highest BCUT2D eigenvalue weighted by molar-refractivity contribution is 5.43. The average molecular weight is 319 g/mol. The fraction of sp³-hybridized carbons (Fsp3) is 0.765. The van der Waals surface area contributed by atoms with E-state index in [9.17, 15) is 5.11 Å². The zero-order valence-electron chi connectivity index (χ0n) is 14.4. The van der Waals surface area contributed by atoms with E-state index in [1.807, 2.05) is 31.3 Å². The van der Waals surface area contributed by atoms with E-state index in [4.69, 9.17) is 0 Å². The maximum atomic E-state index is 10.7. The number of β-amino-alcohol motifs (C(OH)–C–C–N with tert-alkyl or cyclic N) is 1. The second-order valence-corrected chi connectivity index (χ2v) is 7.16. The van der Waals surface area contributed by atoms with E-state index in [1.54, 1.807) is 0 Å². The normalized spacial score (nSPS) is 22.1. The molecule has 0 radical (unpaired) electrons. The predicted octanol–water partition coefficient (Wildman–Crippen LogP) is 1.36. The van der Waals surface area contributed by atoms with E-state index in [1.165, 1.54) is 19.3 Å². The van der Waals surface area contributed by atoms with Crippen LogP contribution in [-0.4, -0.2) is 72.4 Å². The molecule has 0 aromatic carbocycles. The molecule has 2 fully saturated rings. The number of aromatic nitrogens is 2. The Bertz CT molecular complexity index is 507. The summed E-state index contributed by atoms with van der Waals surface area (Å²) in [4.78, 5) is 15.6. The molecule has 3 rings (SSSR count). The molecule has 1 aromatic heterocycles. The summed E-state index contributed by atoms with van der Waals surface area (Å²) in [5.41, 5.74) is -0.451. The molecule has 0 bridgehead atoms. The van der Waals surface area contributed by atoms with Crippen molar-refractivity contribution in [3.8, 4) is 0 Å². The number of rotatable bonds is 4. The van der Waals surface area contributed by atoms with Gasteiger partial charge in [-0.1, -0.05) is 19.3 Å². The second-order valence-electron chi connectivity index (χ2n) is 7.16. The molecule has 1 aromatic rings. The molecule has 1 aliphatic carbocycles. The first-order chi connectivity index (χ1) is 11.1. The van der Waals surface area contributed by atoms with Gasteiger partial charge in [-0.15, -0.1) is 0 Å². The number of piperazine rings is 1. The first-order valence-corrected chi connectivity index (χ1v) is 8.76. The number of nitrogens with zero attached hydrogens (tertiary/aromatic N) is 5. The Kier molecular flexibility index (Phi) is 5.02. The van der Waals surface area contributed by atoms with Gasteiger partial charge in [-0.05, 0) is 18.9 Å². The Hall–Kier alpha value is -1.40. The molecule has 6 nitrogen and oxygen atoms in total. The van der Waals surface area contributed by atoms with Gasteiger partial charge < -0.3 is 14.9 Å². The van der Waals surface area contributed by atoms with Crippen LogP contribution in [0.1, 0.15) is 32.1 Å². The molecule has 6 heteroatoms. The van der Waals surface area contributed by atoms with Crippen molar-refractivity contribution in [2.45, 2.75) is 37.7 Å². The summed E-state index contributed by atoms with van der Waals surface area (Å²) in [6.07, 6.45) is 7.37. The number of anilines is 2. The maximum absolute atomic E-state index is 10.7. The van der Waals surface area contributed by atoms with Crippen molar-refractivity contribution in [1.82, 2.24) is 14.9 Å². The van der Waals surface area contributed by atoms with Crippen LogP contribution in [-0.2, 0) is 0 Å². The quantitative estimate of drug-likeness (QED) is 0.904. The van der Waals surface area contributed by atoms with Gasteiger partial charge in [-0.25, -0.2) is 4.98 Å². The average Bonchev–Trinajstić information content (AvgIpc) is 2.56. The molecular weight excluding hydrogens is 290 g/mol. The highest BCUT2D eigenvalue weighted by atomic mass is 16.3. The lowest BCUT2D eigenvalue weighted by molar-refractivity contribution is -0.0271. The fourth-order valence-electron chi connectivity index (χ4n) is 3.65.